The lowest BCUT2D eigenvalue weighted by Crippen LogP contribution is -2.16. The number of aromatic nitrogens is 2. The first-order chi connectivity index (χ1) is 9.38. The summed E-state index contributed by atoms with van der Waals surface area (Å²) in [5.74, 6) is 0.208. The average Bonchev–Trinajstić information content (AvgIpc) is 2.67. The largest absolute Gasteiger partial charge is 0.310 e. The zero-order valence-corrected chi connectivity index (χ0v) is 12.5. The van der Waals surface area contributed by atoms with E-state index in [1.165, 1.54) is 17.8 Å². The molecule has 1 aliphatic heterocycles. The number of carbonyl (C=O) groups is 1. The summed E-state index contributed by atoms with van der Waals surface area (Å²) in [6.45, 7) is 1.70. The number of hydrogen-bond donors (Lipinski definition) is 2. The summed E-state index contributed by atoms with van der Waals surface area (Å²) >= 11 is 1.22. The molecule has 0 bridgehead atoms. The van der Waals surface area contributed by atoms with Crippen LogP contribution >= 0.6 is 11.8 Å². The fourth-order valence-electron chi connectivity index (χ4n) is 1.80. The van der Waals surface area contributed by atoms with Crippen molar-refractivity contribution in [1.82, 2.24) is 9.97 Å². The first-order valence-electron chi connectivity index (χ1n) is 6.16. The summed E-state index contributed by atoms with van der Waals surface area (Å²) in [5.41, 5.74) is -0.380. The van der Waals surface area contributed by atoms with Crippen LogP contribution in [0.5, 0.6) is 0 Å². The number of rotatable bonds is 4. The molecule has 1 saturated heterocycles. The Bertz CT molecular complexity index is 668. The van der Waals surface area contributed by atoms with Crippen molar-refractivity contribution in [3.8, 4) is 0 Å². The highest BCUT2D eigenvalue weighted by Gasteiger charge is 2.29. The fraction of sp³-hybridized carbons (Fsp3) is 0.545. The van der Waals surface area contributed by atoms with E-state index in [0.717, 1.165) is 0 Å². The normalized spacial score (nSPS) is 20.8. The number of thioether (sulfide) groups is 1. The molecule has 0 spiro atoms. The summed E-state index contributed by atoms with van der Waals surface area (Å²) in [5, 5.41) is 2.73. The number of anilines is 1. The third kappa shape index (κ3) is 4.07. The number of aromatic amines is 1. The van der Waals surface area contributed by atoms with Gasteiger partial charge in [0, 0.05) is 17.7 Å². The summed E-state index contributed by atoms with van der Waals surface area (Å²) in [7, 11) is -2.97. The summed E-state index contributed by atoms with van der Waals surface area (Å²) < 4.78 is 22.8. The molecule has 0 radical (unpaired) electrons. The summed E-state index contributed by atoms with van der Waals surface area (Å²) in [6, 6.07) is 1.20. The molecule has 1 aromatic rings. The van der Waals surface area contributed by atoms with Gasteiger partial charge in [0.2, 0.25) is 5.91 Å². The van der Waals surface area contributed by atoms with Crippen LogP contribution in [0.1, 0.15) is 19.8 Å². The summed E-state index contributed by atoms with van der Waals surface area (Å²) in [4.78, 5) is 29.4. The van der Waals surface area contributed by atoms with Crippen molar-refractivity contribution in [2.24, 2.45) is 0 Å². The van der Waals surface area contributed by atoms with Gasteiger partial charge in [-0.3, -0.25) is 9.59 Å². The number of nitrogens with one attached hydrogen (secondary N) is 2. The predicted octanol–water partition coefficient (Wildman–Crippen LogP) is 0.398. The molecular weight excluding hydrogens is 302 g/mol. The van der Waals surface area contributed by atoms with Gasteiger partial charge in [0.1, 0.15) is 5.82 Å². The lowest BCUT2D eigenvalue weighted by molar-refractivity contribution is -0.115. The minimum absolute atomic E-state index is 0.0902. The molecule has 1 amide bonds. The maximum atomic E-state index is 11.5. The highest BCUT2D eigenvalue weighted by molar-refractivity contribution is 8.01. The van der Waals surface area contributed by atoms with Crippen molar-refractivity contribution >= 4 is 33.3 Å². The number of carbonyl (C=O) groups excluding carboxylic acids is 1. The number of sulfone groups is 1. The molecule has 1 fully saturated rings. The van der Waals surface area contributed by atoms with Crippen LogP contribution in [-0.2, 0) is 14.6 Å². The smallest absolute Gasteiger partial charge is 0.253 e. The van der Waals surface area contributed by atoms with E-state index in [9.17, 15) is 18.0 Å². The van der Waals surface area contributed by atoms with Crippen LogP contribution < -0.4 is 10.9 Å². The molecule has 9 heteroatoms. The van der Waals surface area contributed by atoms with E-state index in [1.54, 1.807) is 6.92 Å². The SMILES string of the molecule is CCC(=O)Nc1cc(=O)[nH]c(S[C@@H]2CCS(=O)(=O)C2)n1. The Morgan fingerprint density at radius 2 is 2.35 bits per heavy atom. The Balaban J connectivity index is 2.12. The molecule has 2 rings (SSSR count). The fourth-order valence-corrected chi connectivity index (χ4v) is 5.25. The molecule has 110 valence electrons. The second-order valence-electron chi connectivity index (χ2n) is 4.48. The highest BCUT2D eigenvalue weighted by Crippen LogP contribution is 2.28. The molecule has 1 aromatic heterocycles. The second-order valence-corrected chi connectivity index (χ2v) is 8.00. The van der Waals surface area contributed by atoms with Gasteiger partial charge in [-0.1, -0.05) is 18.7 Å². The zero-order valence-electron chi connectivity index (χ0n) is 10.9. The molecule has 1 atom stereocenters. The van der Waals surface area contributed by atoms with Gasteiger partial charge in [0.25, 0.3) is 5.56 Å². The van der Waals surface area contributed by atoms with Crippen molar-refractivity contribution in [3.63, 3.8) is 0 Å². The summed E-state index contributed by atoms with van der Waals surface area (Å²) in [6.07, 6.45) is 0.833. The predicted molar refractivity (Wildman–Crippen MR) is 76.7 cm³/mol. The molecule has 0 aromatic carbocycles. The van der Waals surface area contributed by atoms with E-state index in [-0.39, 0.29) is 40.5 Å². The van der Waals surface area contributed by atoms with E-state index in [4.69, 9.17) is 0 Å². The van der Waals surface area contributed by atoms with Gasteiger partial charge in [-0.15, -0.1) is 0 Å². The van der Waals surface area contributed by atoms with Crippen LogP contribution in [0.2, 0.25) is 0 Å². The van der Waals surface area contributed by atoms with Gasteiger partial charge in [-0.2, -0.15) is 0 Å². The number of amides is 1. The Morgan fingerprint density at radius 1 is 1.60 bits per heavy atom. The Hall–Kier alpha value is -1.35. The quantitative estimate of drug-likeness (QED) is 0.778. The van der Waals surface area contributed by atoms with Crippen LogP contribution in [0.25, 0.3) is 0 Å². The first-order valence-corrected chi connectivity index (χ1v) is 8.86. The van der Waals surface area contributed by atoms with Crippen molar-refractivity contribution < 1.29 is 13.2 Å². The number of nitrogens with zero attached hydrogens (tertiary/aromatic N) is 1. The van der Waals surface area contributed by atoms with Crippen LogP contribution in [0.15, 0.2) is 16.0 Å². The van der Waals surface area contributed by atoms with Crippen molar-refractivity contribution in [3.05, 3.63) is 16.4 Å². The Morgan fingerprint density at radius 3 is 2.95 bits per heavy atom. The van der Waals surface area contributed by atoms with Crippen LogP contribution in [-0.4, -0.2) is 41.0 Å². The molecule has 1 aliphatic rings. The number of H-pyrrole nitrogens is 1. The van der Waals surface area contributed by atoms with E-state index in [0.29, 0.717) is 11.6 Å². The lowest BCUT2D eigenvalue weighted by Gasteiger charge is -2.08. The van der Waals surface area contributed by atoms with Gasteiger partial charge in [-0.05, 0) is 6.42 Å². The van der Waals surface area contributed by atoms with E-state index in [1.807, 2.05) is 0 Å². The first kappa shape index (κ1) is 15.0. The third-order valence-corrected chi connectivity index (χ3v) is 5.91. The highest BCUT2D eigenvalue weighted by atomic mass is 32.2. The monoisotopic (exact) mass is 317 g/mol. The van der Waals surface area contributed by atoms with Crippen molar-refractivity contribution in [2.45, 2.75) is 30.2 Å². The van der Waals surface area contributed by atoms with Gasteiger partial charge in [-0.25, -0.2) is 13.4 Å². The minimum atomic E-state index is -2.97. The molecular formula is C11H15N3O4S2. The van der Waals surface area contributed by atoms with Crippen molar-refractivity contribution in [2.75, 3.05) is 16.8 Å². The van der Waals surface area contributed by atoms with Gasteiger partial charge in [0.05, 0.1) is 11.5 Å². The molecule has 0 saturated carbocycles. The van der Waals surface area contributed by atoms with E-state index in [2.05, 4.69) is 15.3 Å². The van der Waals surface area contributed by atoms with E-state index >= 15 is 0 Å². The second kappa shape index (κ2) is 5.96. The molecule has 0 aliphatic carbocycles. The molecule has 2 heterocycles. The zero-order chi connectivity index (χ0) is 14.8. The maximum Gasteiger partial charge on any atom is 0.253 e. The standard InChI is InChI=1S/C11H15N3O4S2/c1-2-9(15)12-8-5-10(16)14-11(13-8)19-7-3-4-20(17,18)6-7/h5,7H,2-4,6H2,1H3,(H2,12,13,14,15,16)/t7-/m1/s1. The minimum Gasteiger partial charge on any atom is -0.310 e. The topological polar surface area (TPSA) is 109 Å². The lowest BCUT2D eigenvalue weighted by atomic mass is 10.4. The van der Waals surface area contributed by atoms with Gasteiger partial charge in [0.15, 0.2) is 15.0 Å². The average molecular weight is 317 g/mol. The molecule has 0 unspecified atom stereocenters. The Labute approximate surface area is 120 Å². The van der Waals surface area contributed by atoms with Crippen LogP contribution in [0.4, 0.5) is 5.82 Å². The van der Waals surface area contributed by atoms with Crippen molar-refractivity contribution in [1.29, 1.82) is 0 Å². The Kier molecular flexibility index (Phi) is 4.48. The molecule has 7 nitrogen and oxygen atoms in total. The third-order valence-electron chi connectivity index (χ3n) is 2.78. The van der Waals surface area contributed by atoms with Crippen LogP contribution in [0.3, 0.4) is 0 Å². The van der Waals surface area contributed by atoms with E-state index < -0.39 is 9.84 Å². The maximum absolute atomic E-state index is 11.5. The van der Waals surface area contributed by atoms with Crippen LogP contribution in [0, 0.1) is 0 Å². The molecule has 20 heavy (non-hydrogen) atoms. The molecule has 2 N–H and O–H groups in total. The van der Waals surface area contributed by atoms with Gasteiger partial charge < -0.3 is 10.3 Å². The number of hydrogen-bond acceptors (Lipinski definition) is 6. The van der Waals surface area contributed by atoms with Gasteiger partial charge >= 0.3 is 0 Å².